The minimum absolute atomic E-state index is 0.0844. The zero-order valence-electron chi connectivity index (χ0n) is 22.4. The number of hydrogen-bond donors (Lipinski definition) is 0. The van der Waals surface area contributed by atoms with Crippen molar-refractivity contribution in [3.63, 3.8) is 0 Å². The molecule has 8 heteroatoms. The fourth-order valence-corrected chi connectivity index (χ4v) is 6.68. The second kappa shape index (κ2) is 13.1. The number of amides is 2. The SMILES string of the molecule is CCCCCc1ccc(C(=O)N(CC(=O)N2CCc3sccc3C2c2ccc(Cl)cc2Cl)Cc2ccco2)cc1. The van der Waals surface area contributed by atoms with Crippen LogP contribution < -0.4 is 0 Å². The van der Waals surface area contributed by atoms with Crippen LogP contribution in [-0.4, -0.2) is 34.7 Å². The quantitative estimate of drug-likeness (QED) is 0.174. The maximum absolute atomic E-state index is 14.0. The summed E-state index contributed by atoms with van der Waals surface area (Å²) in [5.74, 6) is 0.261. The molecule has 208 valence electrons. The summed E-state index contributed by atoms with van der Waals surface area (Å²) in [6, 6.07) is 18.4. The number of hydrogen-bond acceptors (Lipinski definition) is 4. The van der Waals surface area contributed by atoms with Gasteiger partial charge in [-0.15, -0.1) is 11.3 Å². The molecule has 1 aliphatic rings. The van der Waals surface area contributed by atoms with Gasteiger partial charge in [-0.1, -0.05) is 61.2 Å². The predicted octanol–water partition coefficient (Wildman–Crippen LogP) is 8.20. The van der Waals surface area contributed by atoms with Crippen LogP contribution in [0, 0.1) is 0 Å². The summed E-state index contributed by atoms with van der Waals surface area (Å²) in [6.45, 7) is 2.83. The van der Waals surface area contributed by atoms with Crippen LogP contribution >= 0.6 is 34.5 Å². The molecule has 0 bridgehead atoms. The number of aryl methyl sites for hydroxylation is 1. The van der Waals surface area contributed by atoms with Crippen molar-refractivity contribution >= 4 is 46.4 Å². The third-order valence-corrected chi connectivity index (χ3v) is 8.91. The van der Waals surface area contributed by atoms with Gasteiger partial charge in [0.25, 0.3) is 5.91 Å². The summed E-state index contributed by atoms with van der Waals surface area (Å²) in [7, 11) is 0. The molecule has 40 heavy (non-hydrogen) atoms. The summed E-state index contributed by atoms with van der Waals surface area (Å²) in [6.07, 6.45) is 6.81. The second-order valence-electron chi connectivity index (χ2n) is 10.1. The molecule has 0 spiro atoms. The standard InChI is InChI=1S/C32H32Cl2N2O3S/c1-2-3-4-6-22-8-10-23(11-9-22)32(38)35(20-25-7-5-17-39-25)21-30(37)36-16-14-29-27(15-18-40-29)31(36)26-13-12-24(33)19-28(26)34/h5,7-13,15,17-19,31H,2-4,6,14,16,20-21H2,1H3. The fraction of sp³-hybridized carbons (Fsp3) is 0.312. The Bertz CT molecular complexity index is 1450. The first kappa shape index (κ1) is 28.5. The first-order valence-electron chi connectivity index (χ1n) is 13.7. The molecule has 0 aliphatic carbocycles. The molecule has 1 atom stereocenters. The van der Waals surface area contributed by atoms with E-state index in [0.29, 0.717) is 27.9 Å². The molecule has 5 rings (SSSR count). The van der Waals surface area contributed by atoms with Crippen LogP contribution in [0.3, 0.4) is 0 Å². The van der Waals surface area contributed by atoms with Crippen molar-refractivity contribution in [3.05, 3.63) is 115 Å². The number of furan rings is 1. The number of nitrogens with zero attached hydrogens (tertiary/aromatic N) is 2. The highest BCUT2D eigenvalue weighted by atomic mass is 35.5. The third-order valence-electron chi connectivity index (χ3n) is 7.35. The molecule has 4 aromatic rings. The van der Waals surface area contributed by atoms with Crippen molar-refractivity contribution < 1.29 is 14.0 Å². The normalized spacial score (nSPS) is 14.7. The number of fused-ring (bicyclic) bond motifs is 1. The van der Waals surface area contributed by atoms with Crippen LogP contribution in [0.25, 0.3) is 0 Å². The lowest BCUT2D eigenvalue weighted by Crippen LogP contribution is -2.46. The smallest absolute Gasteiger partial charge is 0.254 e. The van der Waals surface area contributed by atoms with E-state index in [4.69, 9.17) is 27.6 Å². The second-order valence-corrected chi connectivity index (χ2v) is 11.9. The molecule has 0 saturated carbocycles. The monoisotopic (exact) mass is 594 g/mol. The van der Waals surface area contributed by atoms with E-state index in [1.54, 1.807) is 40.7 Å². The minimum atomic E-state index is -0.352. The van der Waals surface area contributed by atoms with E-state index in [-0.39, 0.29) is 30.9 Å². The fourth-order valence-electron chi connectivity index (χ4n) is 5.26. The summed E-state index contributed by atoms with van der Waals surface area (Å²) >= 11 is 14.5. The van der Waals surface area contributed by atoms with Crippen LogP contribution in [0.2, 0.25) is 10.0 Å². The Morgan fingerprint density at radius 2 is 1.88 bits per heavy atom. The zero-order chi connectivity index (χ0) is 28.1. The molecule has 0 N–H and O–H groups in total. The lowest BCUT2D eigenvalue weighted by Gasteiger charge is -2.38. The van der Waals surface area contributed by atoms with E-state index in [0.717, 1.165) is 30.4 Å². The van der Waals surface area contributed by atoms with Gasteiger partial charge in [0.2, 0.25) is 5.91 Å². The summed E-state index contributed by atoms with van der Waals surface area (Å²) < 4.78 is 5.56. The molecule has 5 nitrogen and oxygen atoms in total. The molecule has 1 unspecified atom stereocenters. The van der Waals surface area contributed by atoms with Crippen LogP contribution in [0.4, 0.5) is 0 Å². The van der Waals surface area contributed by atoms with E-state index in [1.807, 2.05) is 46.7 Å². The van der Waals surface area contributed by atoms with Gasteiger partial charge in [-0.3, -0.25) is 9.59 Å². The Hall–Kier alpha value is -3.06. The summed E-state index contributed by atoms with van der Waals surface area (Å²) in [5.41, 5.74) is 3.65. The number of unbranched alkanes of at least 4 members (excludes halogenated alkanes) is 2. The molecule has 2 aromatic heterocycles. The Labute approximate surface area is 249 Å². The Balaban J connectivity index is 1.40. The van der Waals surface area contributed by atoms with E-state index >= 15 is 0 Å². The number of benzene rings is 2. The van der Waals surface area contributed by atoms with Gasteiger partial charge in [0.1, 0.15) is 12.3 Å². The van der Waals surface area contributed by atoms with Crippen molar-refractivity contribution in [2.75, 3.05) is 13.1 Å². The number of thiophene rings is 1. The van der Waals surface area contributed by atoms with Crippen molar-refractivity contribution in [1.82, 2.24) is 9.80 Å². The minimum Gasteiger partial charge on any atom is -0.467 e. The maximum Gasteiger partial charge on any atom is 0.254 e. The van der Waals surface area contributed by atoms with Crippen LogP contribution in [0.5, 0.6) is 0 Å². The first-order chi connectivity index (χ1) is 19.4. The van der Waals surface area contributed by atoms with Gasteiger partial charge >= 0.3 is 0 Å². The molecule has 0 fully saturated rings. The molecule has 0 radical (unpaired) electrons. The molecule has 0 saturated heterocycles. The van der Waals surface area contributed by atoms with E-state index in [9.17, 15) is 9.59 Å². The van der Waals surface area contributed by atoms with Crippen molar-refractivity contribution in [3.8, 4) is 0 Å². The number of carbonyl (C=O) groups excluding carboxylic acids is 2. The predicted molar refractivity (Wildman–Crippen MR) is 161 cm³/mol. The Kier molecular flexibility index (Phi) is 9.30. The summed E-state index contributed by atoms with van der Waals surface area (Å²) in [5, 5.41) is 3.10. The highest BCUT2D eigenvalue weighted by Crippen LogP contribution is 2.41. The molecule has 2 aromatic carbocycles. The summed E-state index contributed by atoms with van der Waals surface area (Å²) in [4.78, 5) is 32.4. The van der Waals surface area contributed by atoms with Gasteiger partial charge in [0.05, 0.1) is 18.8 Å². The molecule has 1 aliphatic heterocycles. The van der Waals surface area contributed by atoms with Crippen molar-refractivity contribution in [2.45, 2.75) is 51.6 Å². The third kappa shape index (κ3) is 6.46. The largest absolute Gasteiger partial charge is 0.467 e. The first-order valence-corrected chi connectivity index (χ1v) is 15.3. The zero-order valence-corrected chi connectivity index (χ0v) is 24.8. The molecule has 3 heterocycles. The average molecular weight is 596 g/mol. The Morgan fingerprint density at radius 1 is 1.05 bits per heavy atom. The molecular weight excluding hydrogens is 563 g/mol. The Morgan fingerprint density at radius 3 is 2.60 bits per heavy atom. The van der Waals surface area contributed by atoms with E-state index in [2.05, 4.69) is 13.0 Å². The molecule has 2 amide bonds. The molecular formula is C32H32Cl2N2O3S. The lowest BCUT2D eigenvalue weighted by atomic mass is 9.93. The van der Waals surface area contributed by atoms with Crippen molar-refractivity contribution in [1.29, 1.82) is 0 Å². The lowest BCUT2D eigenvalue weighted by molar-refractivity contribution is -0.134. The van der Waals surface area contributed by atoms with Crippen LogP contribution in [-0.2, 0) is 24.2 Å². The van der Waals surface area contributed by atoms with Crippen LogP contribution in [0.1, 0.15) is 69.9 Å². The number of halogens is 2. The van der Waals surface area contributed by atoms with Gasteiger partial charge in [0, 0.05) is 27.0 Å². The highest BCUT2D eigenvalue weighted by molar-refractivity contribution is 7.10. The van der Waals surface area contributed by atoms with Crippen molar-refractivity contribution in [2.24, 2.45) is 0 Å². The van der Waals surface area contributed by atoms with Gasteiger partial charge in [-0.05, 0) is 83.8 Å². The van der Waals surface area contributed by atoms with Gasteiger partial charge in [-0.25, -0.2) is 0 Å². The maximum atomic E-state index is 14.0. The highest BCUT2D eigenvalue weighted by Gasteiger charge is 2.35. The number of carbonyl (C=O) groups is 2. The van der Waals surface area contributed by atoms with E-state index < -0.39 is 0 Å². The topological polar surface area (TPSA) is 53.8 Å². The average Bonchev–Trinajstić information content (AvgIpc) is 3.65. The van der Waals surface area contributed by atoms with Gasteiger partial charge < -0.3 is 14.2 Å². The van der Waals surface area contributed by atoms with Gasteiger partial charge in [-0.2, -0.15) is 0 Å². The van der Waals surface area contributed by atoms with Crippen LogP contribution in [0.15, 0.2) is 76.7 Å². The number of rotatable bonds is 10. The van der Waals surface area contributed by atoms with Gasteiger partial charge in [0.15, 0.2) is 0 Å². The van der Waals surface area contributed by atoms with E-state index in [1.165, 1.54) is 23.3 Å².